The van der Waals surface area contributed by atoms with E-state index in [-0.39, 0.29) is 12.5 Å². The smallest absolute Gasteiger partial charge is 0.307 e. The number of rotatable bonds is 2. The van der Waals surface area contributed by atoms with Crippen LogP contribution >= 0.6 is 22.9 Å². The summed E-state index contributed by atoms with van der Waals surface area (Å²) >= 11 is 7.55. The molecule has 112 valence electrons. The lowest BCUT2D eigenvalue weighted by atomic mass is 9.83. The maximum absolute atomic E-state index is 13.1. The van der Waals surface area contributed by atoms with E-state index in [0.717, 1.165) is 29.2 Å². The SMILES string of the molecule is FC(F)(F)C1CCCCC1NC1CCc2sc(Cl)cc21. The molecule has 6 heteroatoms. The van der Waals surface area contributed by atoms with Crippen molar-refractivity contribution in [1.82, 2.24) is 5.32 Å². The molecule has 1 heterocycles. The summed E-state index contributed by atoms with van der Waals surface area (Å²) in [5.74, 6) is -1.20. The number of thiophene rings is 1. The molecule has 0 saturated heterocycles. The summed E-state index contributed by atoms with van der Waals surface area (Å²) in [5.41, 5.74) is 1.12. The van der Waals surface area contributed by atoms with Crippen LogP contribution in [0.25, 0.3) is 0 Å². The topological polar surface area (TPSA) is 12.0 Å². The van der Waals surface area contributed by atoms with E-state index in [9.17, 15) is 13.2 Å². The zero-order chi connectivity index (χ0) is 14.3. The van der Waals surface area contributed by atoms with Crippen LogP contribution in [0.2, 0.25) is 4.34 Å². The van der Waals surface area contributed by atoms with Crippen LogP contribution in [0.5, 0.6) is 0 Å². The zero-order valence-electron chi connectivity index (χ0n) is 11.0. The summed E-state index contributed by atoms with van der Waals surface area (Å²) in [4.78, 5) is 1.23. The van der Waals surface area contributed by atoms with Crippen LogP contribution in [0.3, 0.4) is 0 Å². The molecule has 0 aromatic carbocycles. The van der Waals surface area contributed by atoms with Gasteiger partial charge in [0, 0.05) is 17.0 Å². The first-order valence-electron chi connectivity index (χ1n) is 7.06. The number of halogens is 4. The molecular weight excluding hydrogens is 307 g/mol. The van der Waals surface area contributed by atoms with E-state index in [4.69, 9.17) is 11.6 Å². The van der Waals surface area contributed by atoms with Crippen molar-refractivity contribution in [2.45, 2.75) is 56.8 Å². The Morgan fingerprint density at radius 1 is 1.20 bits per heavy atom. The molecule has 2 aliphatic carbocycles. The predicted molar refractivity (Wildman–Crippen MR) is 75.3 cm³/mol. The first-order valence-corrected chi connectivity index (χ1v) is 8.25. The van der Waals surface area contributed by atoms with Gasteiger partial charge in [-0.05, 0) is 37.3 Å². The Bertz CT molecular complexity index is 485. The average molecular weight is 324 g/mol. The Balaban J connectivity index is 1.73. The standard InChI is InChI=1S/C14H17ClF3NS/c15-13-7-8-10(5-6-12(8)20-13)19-11-4-2-1-3-9(11)14(16,17)18/h7,9-11,19H,1-6H2. The third-order valence-electron chi connectivity index (χ3n) is 4.45. The van der Waals surface area contributed by atoms with Crippen LogP contribution < -0.4 is 5.32 Å². The highest BCUT2D eigenvalue weighted by Crippen LogP contribution is 2.42. The maximum Gasteiger partial charge on any atom is 0.393 e. The third-order valence-corrected chi connectivity index (χ3v) is 5.79. The van der Waals surface area contributed by atoms with Crippen LogP contribution in [-0.4, -0.2) is 12.2 Å². The largest absolute Gasteiger partial charge is 0.393 e. The van der Waals surface area contributed by atoms with Gasteiger partial charge in [0.05, 0.1) is 10.3 Å². The highest BCUT2D eigenvalue weighted by molar-refractivity contribution is 7.16. The number of nitrogens with one attached hydrogen (secondary N) is 1. The molecular formula is C14H17ClF3NS. The Hall–Kier alpha value is -0.260. The minimum atomic E-state index is -4.09. The van der Waals surface area contributed by atoms with Crippen molar-refractivity contribution < 1.29 is 13.2 Å². The van der Waals surface area contributed by atoms with Crippen molar-refractivity contribution in [2.75, 3.05) is 0 Å². The zero-order valence-corrected chi connectivity index (χ0v) is 12.5. The Labute approximate surface area is 125 Å². The fraction of sp³-hybridized carbons (Fsp3) is 0.714. The third kappa shape index (κ3) is 2.85. The van der Waals surface area contributed by atoms with Gasteiger partial charge in [-0.1, -0.05) is 24.4 Å². The van der Waals surface area contributed by atoms with Crippen LogP contribution in [0.1, 0.15) is 48.6 Å². The molecule has 1 nitrogen and oxygen atoms in total. The average Bonchev–Trinajstić information content (AvgIpc) is 2.90. The van der Waals surface area contributed by atoms with E-state index in [1.165, 1.54) is 4.88 Å². The number of aryl methyl sites for hydroxylation is 1. The number of hydrogen-bond acceptors (Lipinski definition) is 2. The molecule has 1 N–H and O–H groups in total. The fourth-order valence-electron chi connectivity index (χ4n) is 3.48. The van der Waals surface area contributed by atoms with E-state index < -0.39 is 18.1 Å². The second kappa shape index (κ2) is 5.50. The van der Waals surface area contributed by atoms with E-state index >= 15 is 0 Å². The summed E-state index contributed by atoms with van der Waals surface area (Å²) in [7, 11) is 0. The van der Waals surface area contributed by atoms with Crippen molar-refractivity contribution in [3.63, 3.8) is 0 Å². The normalized spacial score (nSPS) is 30.5. The van der Waals surface area contributed by atoms with Crippen molar-refractivity contribution in [2.24, 2.45) is 5.92 Å². The highest BCUT2D eigenvalue weighted by atomic mass is 35.5. The molecule has 1 fully saturated rings. The maximum atomic E-state index is 13.1. The van der Waals surface area contributed by atoms with Crippen molar-refractivity contribution >= 4 is 22.9 Å². The van der Waals surface area contributed by atoms with Gasteiger partial charge in [-0.3, -0.25) is 0 Å². The summed E-state index contributed by atoms with van der Waals surface area (Å²) < 4.78 is 40.1. The number of alkyl halides is 3. The summed E-state index contributed by atoms with van der Waals surface area (Å²) in [5, 5.41) is 3.27. The molecule has 1 aromatic rings. The molecule has 0 bridgehead atoms. The first kappa shape index (κ1) is 14.7. The second-order valence-electron chi connectivity index (χ2n) is 5.73. The van der Waals surface area contributed by atoms with Crippen LogP contribution in [0.4, 0.5) is 13.2 Å². The van der Waals surface area contributed by atoms with Crippen molar-refractivity contribution in [1.29, 1.82) is 0 Å². The fourth-order valence-corrected chi connectivity index (χ4v) is 4.84. The summed E-state index contributed by atoms with van der Waals surface area (Å²) in [6.07, 6.45) is 0.162. The molecule has 2 aliphatic rings. The van der Waals surface area contributed by atoms with Gasteiger partial charge in [0.1, 0.15) is 0 Å². The molecule has 1 saturated carbocycles. The molecule has 20 heavy (non-hydrogen) atoms. The van der Waals surface area contributed by atoms with Gasteiger partial charge in [-0.15, -0.1) is 11.3 Å². The Morgan fingerprint density at radius 2 is 1.95 bits per heavy atom. The lowest BCUT2D eigenvalue weighted by molar-refractivity contribution is -0.189. The minimum absolute atomic E-state index is 0.0432. The van der Waals surface area contributed by atoms with Crippen LogP contribution in [0, 0.1) is 5.92 Å². The van der Waals surface area contributed by atoms with Gasteiger partial charge in [-0.25, -0.2) is 0 Å². The quantitative estimate of drug-likeness (QED) is 0.798. The molecule has 1 aromatic heterocycles. The summed E-state index contributed by atoms with van der Waals surface area (Å²) in [6, 6.07) is 1.51. The van der Waals surface area contributed by atoms with Crippen LogP contribution in [-0.2, 0) is 6.42 Å². The molecule has 0 aliphatic heterocycles. The minimum Gasteiger partial charge on any atom is -0.307 e. The Morgan fingerprint density at radius 3 is 2.70 bits per heavy atom. The van der Waals surface area contributed by atoms with E-state index in [0.29, 0.717) is 12.8 Å². The van der Waals surface area contributed by atoms with E-state index in [2.05, 4.69) is 5.32 Å². The number of hydrogen-bond donors (Lipinski definition) is 1. The van der Waals surface area contributed by atoms with Gasteiger partial charge in [-0.2, -0.15) is 13.2 Å². The predicted octanol–water partition coefficient (Wildman–Crippen LogP) is 5.10. The van der Waals surface area contributed by atoms with Crippen LogP contribution in [0.15, 0.2) is 6.07 Å². The first-order chi connectivity index (χ1) is 9.45. The lowest BCUT2D eigenvalue weighted by Gasteiger charge is -2.35. The summed E-state index contributed by atoms with van der Waals surface area (Å²) in [6.45, 7) is 0. The lowest BCUT2D eigenvalue weighted by Crippen LogP contribution is -2.46. The molecule has 3 unspecified atom stereocenters. The van der Waals surface area contributed by atoms with Crippen molar-refractivity contribution in [3.05, 3.63) is 20.8 Å². The van der Waals surface area contributed by atoms with Gasteiger partial charge in [0.25, 0.3) is 0 Å². The second-order valence-corrected chi connectivity index (χ2v) is 7.49. The van der Waals surface area contributed by atoms with Gasteiger partial charge >= 0.3 is 6.18 Å². The highest BCUT2D eigenvalue weighted by Gasteiger charge is 2.46. The van der Waals surface area contributed by atoms with Gasteiger partial charge in [0.15, 0.2) is 0 Å². The molecule has 3 atom stereocenters. The monoisotopic (exact) mass is 323 g/mol. The Kier molecular flexibility index (Phi) is 4.04. The molecule has 3 rings (SSSR count). The number of fused-ring (bicyclic) bond motifs is 1. The van der Waals surface area contributed by atoms with Gasteiger partial charge in [0.2, 0.25) is 0 Å². The van der Waals surface area contributed by atoms with Crippen molar-refractivity contribution in [3.8, 4) is 0 Å². The molecule has 0 spiro atoms. The molecule has 0 radical (unpaired) electrons. The van der Waals surface area contributed by atoms with Gasteiger partial charge < -0.3 is 5.32 Å². The van der Waals surface area contributed by atoms with E-state index in [1.807, 2.05) is 6.07 Å². The van der Waals surface area contributed by atoms with E-state index in [1.54, 1.807) is 11.3 Å². The molecule has 0 amide bonds.